The van der Waals surface area contributed by atoms with Gasteiger partial charge in [0, 0.05) is 52.5 Å². The SMILES string of the molecule is C[Si](C)(C)CCOC[N+]1(COCC[Si](C)(C)C)C(CN2CCOCC2)=CC(N)n2ncc(-c3cnc4ccccc4c3)c21. The van der Waals surface area contributed by atoms with E-state index >= 15 is 0 Å². The fraction of sp³-hybridized carbons (Fsp3) is 0.562. The summed E-state index contributed by atoms with van der Waals surface area (Å²) < 4.78 is 21.4. The highest BCUT2D eigenvalue weighted by molar-refractivity contribution is 6.76. The van der Waals surface area contributed by atoms with Gasteiger partial charge in [0.25, 0.3) is 0 Å². The van der Waals surface area contributed by atoms with Crippen LogP contribution < -0.4 is 10.2 Å². The molecule has 1 unspecified atom stereocenters. The first-order valence-electron chi connectivity index (χ1n) is 15.7. The van der Waals surface area contributed by atoms with Crippen LogP contribution in [0.5, 0.6) is 0 Å². The van der Waals surface area contributed by atoms with E-state index in [1.54, 1.807) is 0 Å². The number of nitrogens with zero attached hydrogens (tertiary/aromatic N) is 5. The molecule has 0 amide bonds. The Morgan fingerprint density at radius 2 is 1.60 bits per heavy atom. The summed E-state index contributed by atoms with van der Waals surface area (Å²) in [5.74, 6) is 1.01. The van der Waals surface area contributed by atoms with Crippen molar-refractivity contribution in [1.29, 1.82) is 0 Å². The van der Waals surface area contributed by atoms with Crippen LogP contribution in [0.15, 0.2) is 54.5 Å². The Morgan fingerprint density at radius 1 is 0.953 bits per heavy atom. The van der Waals surface area contributed by atoms with E-state index in [9.17, 15) is 0 Å². The van der Waals surface area contributed by atoms with E-state index in [1.165, 1.54) is 5.70 Å². The van der Waals surface area contributed by atoms with Crippen LogP contribution >= 0.6 is 0 Å². The lowest BCUT2D eigenvalue weighted by Gasteiger charge is -2.43. The number of quaternary nitrogens is 1. The number of fused-ring (bicyclic) bond motifs is 2. The van der Waals surface area contributed by atoms with Crippen molar-refractivity contribution in [3.63, 3.8) is 0 Å². The lowest BCUT2D eigenvalue weighted by atomic mass is 10.1. The highest BCUT2D eigenvalue weighted by atomic mass is 28.3. The zero-order valence-corrected chi connectivity index (χ0v) is 29.0. The van der Waals surface area contributed by atoms with Crippen molar-refractivity contribution >= 4 is 32.9 Å². The molecule has 1 atom stereocenters. The molecular weight excluding hydrogens is 573 g/mol. The molecule has 2 aliphatic heterocycles. The number of rotatable bonds is 13. The second kappa shape index (κ2) is 13.4. The van der Waals surface area contributed by atoms with Crippen molar-refractivity contribution in [1.82, 2.24) is 24.1 Å². The van der Waals surface area contributed by atoms with E-state index in [-0.39, 0.29) is 6.17 Å². The highest BCUT2D eigenvalue weighted by Gasteiger charge is 2.47. The van der Waals surface area contributed by atoms with Gasteiger partial charge in [-0.05, 0) is 24.2 Å². The zero-order chi connectivity index (χ0) is 30.7. The van der Waals surface area contributed by atoms with E-state index in [4.69, 9.17) is 30.0 Å². The summed E-state index contributed by atoms with van der Waals surface area (Å²) in [5.41, 5.74) is 11.1. The van der Waals surface area contributed by atoms with Gasteiger partial charge in [0.05, 0.1) is 50.2 Å². The van der Waals surface area contributed by atoms with E-state index in [0.29, 0.717) is 17.9 Å². The second-order valence-corrected chi connectivity index (χ2v) is 25.7. The van der Waals surface area contributed by atoms with Gasteiger partial charge >= 0.3 is 0 Å². The van der Waals surface area contributed by atoms with Crippen LogP contribution in [-0.4, -0.2) is 95.3 Å². The molecule has 9 nitrogen and oxygen atoms in total. The summed E-state index contributed by atoms with van der Waals surface area (Å²) in [5, 5.41) is 5.98. The summed E-state index contributed by atoms with van der Waals surface area (Å²) in [6, 6.07) is 12.6. The lowest BCUT2D eigenvalue weighted by Crippen LogP contribution is -2.58. The van der Waals surface area contributed by atoms with Crippen LogP contribution in [0.3, 0.4) is 0 Å². The Kier molecular flexibility index (Phi) is 10.0. The molecule has 0 spiro atoms. The minimum absolute atomic E-state index is 0.386. The molecular formula is C32H51N6O3Si2+. The third-order valence-corrected chi connectivity index (χ3v) is 11.8. The van der Waals surface area contributed by atoms with Crippen molar-refractivity contribution in [2.24, 2.45) is 5.73 Å². The van der Waals surface area contributed by atoms with Crippen molar-refractivity contribution in [2.75, 3.05) is 59.5 Å². The number of pyridine rings is 1. The minimum Gasteiger partial charge on any atom is -0.379 e. The van der Waals surface area contributed by atoms with Crippen molar-refractivity contribution < 1.29 is 14.2 Å². The molecule has 5 rings (SSSR count). The molecule has 0 radical (unpaired) electrons. The Labute approximate surface area is 259 Å². The average Bonchev–Trinajstić information content (AvgIpc) is 3.42. The largest absolute Gasteiger partial charge is 0.379 e. The van der Waals surface area contributed by atoms with Crippen LogP contribution in [0.2, 0.25) is 51.4 Å². The van der Waals surface area contributed by atoms with E-state index < -0.39 is 16.1 Å². The normalized spacial score (nSPS) is 19.4. The first-order chi connectivity index (χ1) is 20.5. The smallest absolute Gasteiger partial charge is 0.244 e. The van der Waals surface area contributed by atoms with Crippen molar-refractivity contribution in [3.05, 3.63) is 54.5 Å². The van der Waals surface area contributed by atoms with Gasteiger partial charge in [0.15, 0.2) is 13.5 Å². The maximum atomic E-state index is 6.85. The number of aromatic nitrogens is 3. The van der Waals surface area contributed by atoms with E-state index in [1.807, 2.05) is 29.2 Å². The fourth-order valence-electron chi connectivity index (χ4n) is 5.67. The number of hydrogen-bond acceptors (Lipinski definition) is 7. The van der Waals surface area contributed by atoms with Gasteiger partial charge in [-0.15, -0.1) is 0 Å². The summed E-state index contributed by atoms with van der Waals surface area (Å²) in [7, 11) is -2.55. The molecule has 0 aliphatic carbocycles. The van der Waals surface area contributed by atoms with Gasteiger partial charge in [-0.1, -0.05) is 57.5 Å². The van der Waals surface area contributed by atoms with Crippen LogP contribution in [0.4, 0.5) is 5.82 Å². The number of morpholine rings is 1. The molecule has 43 heavy (non-hydrogen) atoms. The first kappa shape index (κ1) is 32.2. The molecule has 4 heterocycles. The highest BCUT2D eigenvalue weighted by Crippen LogP contribution is 2.43. The topological polar surface area (TPSA) is 87.7 Å². The molecule has 0 saturated carbocycles. The van der Waals surface area contributed by atoms with Gasteiger partial charge < -0.3 is 19.9 Å². The van der Waals surface area contributed by atoms with Crippen LogP contribution in [0, 0.1) is 0 Å². The number of ether oxygens (including phenoxy) is 3. The van der Waals surface area contributed by atoms with Crippen LogP contribution in [0.25, 0.3) is 22.0 Å². The molecule has 2 N–H and O–H groups in total. The second-order valence-electron chi connectivity index (χ2n) is 14.4. The standard InChI is InChI=1S/C32H51N6O3Si2/c1-42(2,3)17-15-40-24-38(25-41-16-18-43(4,5)6)28(23-36-11-13-39-14-12-36)20-31(33)37-32(38)29(22-35-37)27-19-26-9-7-8-10-30(26)34-21-27/h7-10,19-22,31H,11-18,23-25,33H2,1-6H3/q+1. The molecule has 11 heteroatoms. The molecule has 3 aromatic rings. The summed E-state index contributed by atoms with van der Waals surface area (Å²) in [4.78, 5) is 7.27. The molecule has 2 aromatic heterocycles. The third kappa shape index (κ3) is 7.90. The third-order valence-electron chi connectivity index (χ3n) is 8.38. The van der Waals surface area contributed by atoms with Crippen LogP contribution in [-0.2, 0) is 14.2 Å². The molecule has 0 bridgehead atoms. The van der Waals surface area contributed by atoms with Gasteiger partial charge in [0.1, 0.15) is 11.9 Å². The summed E-state index contributed by atoms with van der Waals surface area (Å²) in [6.07, 6.45) is 5.70. The van der Waals surface area contributed by atoms with Gasteiger partial charge in [-0.25, -0.2) is 0 Å². The van der Waals surface area contributed by atoms with Crippen LogP contribution in [0.1, 0.15) is 6.17 Å². The maximum Gasteiger partial charge on any atom is 0.244 e. The molecule has 234 valence electrons. The fourth-order valence-corrected chi connectivity index (χ4v) is 7.18. The molecule has 1 fully saturated rings. The number of hydrogen-bond donors (Lipinski definition) is 1. The Morgan fingerprint density at radius 3 is 2.26 bits per heavy atom. The van der Waals surface area contributed by atoms with E-state index in [2.05, 4.69) is 68.5 Å². The van der Waals surface area contributed by atoms with Gasteiger partial charge in [0.2, 0.25) is 5.82 Å². The molecule has 1 saturated heterocycles. The van der Waals surface area contributed by atoms with Gasteiger partial charge in [-0.3, -0.25) is 9.88 Å². The van der Waals surface area contributed by atoms with E-state index in [0.717, 1.165) is 86.0 Å². The lowest BCUT2D eigenvalue weighted by molar-refractivity contribution is -0.0290. The average molecular weight is 624 g/mol. The number of para-hydroxylation sites is 1. The minimum atomic E-state index is -1.27. The predicted octanol–water partition coefficient (Wildman–Crippen LogP) is 5.72. The number of benzene rings is 1. The first-order valence-corrected chi connectivity index (χ1v) is 23.1. The summed E-state index contributed by atoms with van der Waals surface area (Å²) in [6.45, 7) is 20.8. The van der Waals surface area contributed by atoms with Crippen molar-refractivity contribution in [2.45, 2.75) is 57.5 Å². The maximum absolute atomic E-state index is 6.85. The van der Waals surface area contributed by atoms with Gasteiger partial charge in [-0.2, -0.15) is 14.3 Å². The monoisotopic (exact) mass is 623 g/mol. The Bertz CT molecular complexity index is 1390. The van der Waals surface area contributed by atoms with Crippen molar-refractivity contribution in [3.8, 4) is 11.1 Å². The Balaban J connectivity index is 1.59. The predicted molar refractivity (Wildman–Crippen MR) is 181 cm³/mol. The summed E-state index contributed by atoms with van der Waals surface area (Å²) >= 11 is 0. The molecule has 2 aliphatic rings. The number of nitrogens with two attached hydrogens (primary N) is 1. The molecule has 1 aromatic carbocycles. The zero-order valence-electron chi connectivity index (χ0n) is 27.0. The quantitative estimate of drug-likeness (QED) is 0.148. The Hall–Kier alpha value is -2.23.